The summed E-state index contributed by atoms with van der Waals surface area (Å²) in [6.07, 6.45) is -0.0288. The number of hydrazine groups is 1. The monoisotopic (exact) mass is 194 g/mol. The van der Waals surface area contributed by atoms with Gasteiger partial charge in [-0.2, -0.15) is 0 Å². The van der Waals surface area contributed by atoms with E-state index < -0.39 is 11.9 Å². The number of rotatable bonds is 3. The molecular weight excluding hydrogens is 184 g/mol. The normalized spacial score (nSPS) is 9.50. The maximum absolute atomic E-state index is 10.9. The van der Waals surface area contributed by atoms with Crippen LogP contribution in [0, 0.1) is 0 Å². The molecule has 0 bridgehead atoms. The maximum atomic E-state index is 10.9. The van der Waals surface area contributed by atoms with E-state index in [9.17, 15) is 9.59 Å². The molecule has 0 atom stereocenters. The maximum Gasteiger partial charge on any atom is 0.335 e. The lowest BCUT2D eigenvalue weighted by Crippen LogP contribution is -2.31. The molecule has 0 fully saturated rings. The summed E-state index contributed by atoms with van der Waals surface area (Å²) in [6.45, 7) is 0. The number of carbonyl (C=O) groups is 2. The Hall–Kier alpha value is -1.88. The molecule has 0 aliphatic rings. The Labute approximate surface area is 80.5 Å². The SMILES string of the molecule is NNC(=O)Cc1ccccc1C(=O)O. The number of benzene rings is 1. The second-order valence-electron chi connectivity index (χ2n) is 2.71. The number of carboxylic acid groups (broad SMARTS) is 1. The van der Waals surface area contributed by atoms with Gasteiger partial charge in [-0.3, -0.25) is 10.2 Å². The van der Waals surface area contributed by atoms with Crippen LogP contribution in [0.5, 0.6) is 0 Å². The van der Waals surface area contributed by atoms with Crippen LogP contribution in [0.25, 0.3) is 0 Å². The number of nitrogens with two attached hydrogens (primary N) is 1. The van der Waals surface area contributed by atoms with Crippen LogP contribution in [0.4, 0.5) is 0 Å². The molecule has 0 radical (unpaired) electrons. The lowest BCUT2D eigenvalue weighted by atomic mass is 10.0. The summed E-state index contributed by atoms with van der Waals surface area (Å²) in [5.41, 5.74) is 2.52. The number of hydrogen-bond acceptors (Lipinski definition) is 3. The largest absolute Gasteiger partial charge is 0.478 e. The number of hydrogen-bond donors (Lipinski definition) is 3. The van der Waals surface area contributed by atoms with Crippen molar-refractivity contribution in [2.24, 2.45) is 5.84 Å². The van der Waals surface area contributed by atoms with Gasteiger partial charge in [-0.15, -0.1) is 0 Å². The van der Waals surface area contributed by atoms with E-state index in [0.29, 0.717) is 5.56 Å². The highest BCUT2D eigenvalue weighted by Gasteiger charge is 2.11. The first-order valence-corrected chi connectivity index (χ1v) is 3.95. The van der Waals surface area contributed by atoms with E-state index >= 15 is 0 Å². The lowest BCUT2D eigenvalue weighted by molar-refractivity contribution is -0.120. The molecule has 5 nitrogen and oxygen atoms in total. The third kappa shape index (κ3) is 2.30. The molecule has 0 saturated heterocycles. The van der Waals surface area contributed by atoms with Crippen molar-refractivity contribution in [3.63, 3.8) is 0 Å². The van der Waals surface area contributed by atoms with Crippen molar-refractivity contribution < 1.29 is 14.7 Å². The van der Waals surface area contributed by atoms with Crippen LogP contribution in [0.3, 0.4) is 0 Å². The first-order valence-electron chi connectivity index (χ1n) is 3.95. The molecule has 0 aliphatic heterocycles. The van der Waals surface area contributed by atoms with Crippen molar-refractivity contribution in [2.45, 2.75) is 6.42 Å². The van der Waals surface area contributed by atoms with Crippen molar-refractivity contribution >= 4 is 11.9 Å². The van der Waals surface area contributed by atoms with E-state index in [4.69, 9.17) is 10.9 Å². The van der Waals surface area contributed by atoms with Gasteiger partial charge in [0, 0.05) is 0 Å². The van der Waals surface area contributed by atoms with Crippen molar-refractivity contribution in [1.82, 2.24) is 5.43 Å². The summed E-state index contributed by atoms with van der Waals surface area (Å²) in [4.78, 5) is 21.7. The van der Waals surface area contributed by atoms with Gasteiger partial charge in [-0.25, -0.2) is 10.6 Å². The molecule has 74 valence electrons. The van der Waals surface area contributed by atoms with E-state index in [1.54, 1.807) is 18.2 Å². The van der Waals surface area contributed by atoms with Gasteiger partial charge in [-0.1, -0.05) is 18.2 Å². The number of carbonyl (C=O) groups excluding carboxylic acids is 1. The molecule has 1 aromatic rings. The molecule has 0 aromatic heterocycles. The Morgan fingerprint density at radius 3 is 2.57 bits per heavy atom. The molecule has 1 rings (SSSR count). The van der Waals surface area contributed by atoms with E-state index in [1.807, 2.05) is 5.43 Å². The molecule has 5 heteroatoms. The van der Waals surface area contributed by atoms with Crippen LogP contribution in [0.15, 0.2) is 24.3 Å². The minimum Gasteiger partial charge on any atom is -0.478 e. The number of amides is 1. The molecule has 1 aromatic carbocycles. The van der Waals surface area contributed by atoms with Gasteiger partial charge in [0.1, 0.15) is 0 Å². The summed E-state index contributed by atoms with van der Waals surface area (Å²) >= 11 is 0. The van der Waals surface area contributed by atoms with Crippen LogP contribution in [-0.4, -0.2) is 17.0 Å². The second kappa shape index (κ2) is 4.38. The molecular formula is C9H10N2O3. The predicted octanol–water partition coefficient (Wildman–Crippen LogP) is -0.0828. The highest BCUT2D eigenvalue weighted by atomic mass is 16.4. The van der Waals surface area contributed by atoms with Crippen LogP contribution in [-0.2, 0) is 11.2 Å². The van der Waals surface area contributed by atoms with Gasteiger partial charge in [0.15, 0.2) is 0 Å². The number of nitrogens with one attached hydrogen (secondary N) is 1. The fourth-order valence-electron chi connectivity index (χ4n) is 1.11. The minimum absolute atomic E-state index is 0.0288. The van der Waals surface area contributed by atoms with E-state index in [0.717, 1.165) is 0 Å². The summed E-state index contributed by atoms with van der Waals surface area (Å²) < 4.78 is 0. The molecule has 0 unspecified atom stereocenters. The smallest absolute Gasteiger partial charge is 0.335 e. The Kier molecular flexibility index (Phi) is 3.19. The van der Waals surface area contributed by atoms with Crippen molar-refractivity contribution in [3.05, 3.63) is 35.4 Å². The molecule has 0 aliphatic carbocycles. The van der Waals surface area contributed by atoms with Crippen LogP contribution in [0.2, 0.25) is 0 Å². The second-order valence-corrected chi connectivity index (χ2v) is 2.71. The fraction of sp³-hybridized carbons (Fsp3) is 0.111. The standard InChI is InChI=1S/C9H10N2O3/c10-11-8(12)5-6-3-1-2-4-7(6)9(13)14/h1-4H,5,10H2,(H,11,12)(H,13,14). The van der Waals surface area contributed by atoms with Crippen molar-refractivity contribution in [2.75, 3.05) is 0 Å². The van der Waals surface area contributed by atoms with Crippen LogP contribution >= 0.6 is 0 Å². The summed E-state index contributed by atoms with van der Waals surface area (Å²) in [5, 5.41) is 8.79. The van der Waals surface area contributed by atoms with E-state index in [1.165, 1.54) is 6.07 Å². The summed E-state index contributed by atoms with van der Waals surface area (Å²) in [6, 6.07) is 6.30. The van der Waals surface area contributed by atoms with Gasteiger partial charge in [0.25, 0.3) is 0 Å². The van der Waals surface area contributed by atoms with E-state index in [2.05, 4.69) is 0 Å². The van der Waals surface area contributed by atoms with Gasteiger partial charge >= 0.3 is 5.97 Å². The Balaban J connectivity index is 2.95. The third-order valence-corrected chi connectivity index (χ3v) is 1.76. The average Bonchev–Trinajstić information content (AvgIpc) is 2.18. The summed E-state index contributed by atoms with van der Waals surface area (Å²) in [5.74, 6) is 3.43. The first kappa shape index (κ1) is 10.2. The van der Waals surface area contributed by atoms with Gasteiger partial charge in [0.2, 0.25) is 5.91 Å². The Morgan fingerprint density at radius 2 is 2.00 bits per heavy atom. The molecule has 1 amide bonds. The predicted molar refractivity (Wildman–Crippen MR) is 49.4 cm³/mol. The van der Waals surface area contributed by atoms with Gasteiger partial charge in [0.05, 0.1) is 12.0 Å². The number of aromatic carboxylic acids is 1. The zero-order chi connectivity index (χ0) is 10.6. The van der Waals surface area contributed by atoms with E-state index in [-0.39, 0.29) is 12.0 Å². The lowest BCUT2D eigenvalue weighted by Gasteiger charge is -2.03. The zero-order valence-electron chi connectivity index (χ0n) is 7.36. The highest BCUT2D eigenvalue weighted by Crippen LogP contribution is 2.09. The molecule has 0 saturated carbocycles. The van der Waals surface area contributed by atoms with Gasteiger partial charge in [-0.05, 0) is 11.6 Å². The quantitative estimate of drug-likeness (QED) is 0.356. The van der Waals surface area contributed by atoms with Crippen molar-refractivity contribution in [1.29, 1.82) is 0 Å². The summed E-state index contributed by atoms with van der Waals surface area (Å²) in [7, 11) is 0. The Morgan fingerprint density at radius 1 is 1.36 bits per heavy atom. The first-order chi connectivity index (χ1) is 6.65. The highest BCUT2D eigenvalue weighted by molar-refractivity contribution is 5.91. The third-order valence-electron chi connectivity index (χ3n) is 1.76. The van der Waals surface area contributed by atoms with Crippen LogP contribution < -0.4 is 11.3 Å². The molecule has 4 N–H and O–H groups in total. The van der Waals surface area contributed by atoms with Crippen LogP contribution in [0.1, 0.15) is 15.9 Å². The molecule has 14 heavy (non-hydrogen) atoms. The van der Waals surface area contributed by atoms with Crippen molar-refractivity contribution in [3.8, 4) is 0 Å². The van der Waals surface area contributed by atoms with Gasteiger partial charge < -0.3 is 5.11 Å². The zero-order valence-corrected chi connectivity index (χ0v) is 7.36. The molecule has 0 heterocycles. The Bertz CT molecular complexity index is 363. The fourth-order valence-corrected chi connectivity index (χ4v) is 1.11. The average molecular weight is 194 g/mol. The topological polar surface area (TPSA) is 92.4 Å². The minimum atomic E-state index is -1.05. The molecule has 0 spiro atoms. The number of carboxylic acids is 1.